The maximum absolute atomic E-state index is 13.7. The minimum Gasteiger partial charge on any atom is -0.379 e. The molecule has 45 heavy (non-hydrogen) atoms. The second kappa shape index (κ2) is 14.5. The lowest BCUT2D eigenvalue weighted by molar-refractivity contribution is -0.140. The molecule has 0 radical (unpaired) electrons. The third-order valence-electron chi connectivity index (χ3n) is 8.22. The van der Waals surface area contributed by atoms with Gasteiger partial charge in [-0.15, -0.1) is 11.3 Å². The molecule has 2 aliphatic heterocycles. The Bertz CT molecular complexity index is 1460. The van der Waals surface area contributed by atoms with Crippen LogP contribution in [-0.2, 0) is 19.1 Å². The number of hydrogen-bond donors (Lipinski definition) is 4. The summed E-state index contributed by atoms with van der Waals surface area (Å²) >= 11 is 1.32. The fourth-order valence-electron chi connectivity index (χ4n) is 5.39. The van der Waals surface area contributed by atoms with E-state index < -0.39 is 18.3 Å². The summed E-state index contributed by atoms with van der Waals surface area (Å²) < 4.78 is 11.0. The van der Waals surface area contributed by atoms with Crippen molar-refractivity contribution in [1.82, 2.24) is 25.4 Å². The van der Waals surface area contributed by atoms with E-state index in [1.165, 1.54) is 16.2 Å². The van der Waals surface area contributed by atoms with E-state index in [0.29, 0.717) is 28.5 Å². The molecular weight excluding hydrogens is 596 g/mol. The zero-order valence-electron chi connectivity index (χ0n) is 24.9. The first kappa shape index (κ1) is 31.1. The number of ether oxygens (including phenoxy) is 2. The first-order chi connectivity index (χ1) is 22.0. The van der Waals surface area contributed by atoms with Crippen LogP contribution in [0.25, 0.3) is 11.3 Å². The normalized spacial score (nSPS) is 19.9. The molecule has 238 valence electrons. The van der Waals surface area contributed by atoms with Gasteiger partial charge in [0.05, 0.1) is 25.5 Å². The predicted molar refractivity (Wildman–Crippen MR) is 168 cm³/mol. The largest absolute Gasteiger partial charge is 0.379 e. The summed E-state index contributed by atoms with van der Waals surface area (Å²) in [6.07, 6.45) is 0.490. The molecule has 3 amide bonds. The van der Waals surface area contributed by atoms with Gasteiger partial charge in [0.1, 0.15) is 25.0 Å². The van der Waals surface area contributed by atoms with Crippen molar-refractivity contribution < 1.29 is 29.0 Å². The highest BCUT2D eigenvalue weighted by Gasteiger charge is 2.40. The monoisotopic (exact) mass is 634 g/mol. The molecule has 1 aliphatic carbocycles. The Labute approximate surface area is 265 Å². The van der Waals surface area contributed by atoms with Gasteiger partial charge >= 0.3 is 0 Å². The second-order valence-corrected chi connectivity index (χ2v) is 12.3. The van der Waals surface area contributed by atoms with E-state index in [0.717, 1.165) is 51.3 Å². The topological polar surface area (TPSA) is 145 Å². The lowest BCUT2D eigenvalue weighted by Gasteiger charge is -2.30. The second-order valence-electron chi connectivity index (χ2n) is 11.4. The number of aliphatic hydroxyl groups is 1. The maximum Gasteiger partial charge on any atom is 0.252 e. The molecule has 3 fully saturated rings. The van der Waals surface area contributed by atoms with E-state index in [4.69, 9.17) is 9.47 Å². The number of aliphatic hydroxyl groups excluding tert-OH is 1. The molecule has 3 atom stereocenters. The smallest absolute Gasteiger partial charge is 0.252 e. The summed E-state index contributed by atoms with van der Waals surface area (Å²) in [5.41, 5.74) is 2.76. The van der Waals surface area contributed by atoms with Crippen LogP contribution < -0.4 is 16.0 Å². The lowest BCUT2D eigenvalue weighted by Crippen LogP contribution is -2.51. The van der Waals surface area contributed by atoms with E-state index in [1.807, 2.05) is 35.7 Å². The third kappa shape index (κ3) is 7.86. The van der Waals surface area contributed by atoms with Crippen LogP contribution in [0.5, 0.6) is 0 Å². The molecule has 6 rings (SSSR count). The zero-order valence-corrected chi connectivity index (χ0v) is 25.7. The van der Waals surface area contributed by atoms with Gasteiger partial charge in [0, 0.05) is 48.6 Å². The summed E-state index contributed by atoms with van der Waals surface area (Å²) in [4.78, 5) is 47.3. The number of thiazole rings is 1. The number of amides is 3. The number of benzene rings is 2. The molecule has 2 aromatic carbocycles. The molecule has 3 aliphatic rings. The van der Waals surface area contributed by atoms with Crippen LogP contribution in [0.1, 0.15) is 34.8 Å². The lowest BCUT2D eigenvalue weighted by atomic mass is 10.0. The molecule has 2 saturated heterocycles. The fourth-order valence-corrected chi connectivity index (χ4v) is 6.14. The number of anilines is 1. The summed E-state index contributed by atoms with van der Waals surface area (Å²) in [5, 5.41) is 22.4. The fraction of sp³-hybridized carbons (Fsp3) is 0.438. The van der Waals surface area contributed by atoms with Gasteiger partial charge in [-0.3, -0.25) is 19.3 Å². The molecule has 12 nitrogen and oxygen atoms in total. The highest BCUT2D eigenvalue weighted by atomic mass is 32.1. The molecule has 0 bridgehead atoms. The van der Waals surface area contributed by atoms with Crippen LogP contribution in [0, 0.1) is 5.92 Å². The standard InChI is InChI=1S/C32H38N6O6S/c39-28(33-12-13-37-14-16-43-17-15-37)23-8-6-21(7-9-23)25-19-45-32(34-25)36-30(41)26-18-44-20-38(26)31(42)27(22-4-2-1-3-5-22)35-29(40)24-10-11-24/h1-9,19,24,26-27,30,41H,10-18,20H2,(H,33,39)(H,34,36)(H,35,40)/t26-,27+,30?/m0/s1. The van der Waals surface area contributed by atoms with Crippen LogP contribution in [-0.4, -0.2) is 103 Å². The van der Waals surface area contributed by atoms with E-state index in [9.17, 15) is 19.5 Å². The molecule has 1 saturated carbocycles. The van der Waals surface area contributed by atoms with Crippen molar-refractivity contribution >= 4 is 34.2 Å². The van der Waals surface area contributed by atoms with Crippen molar-refractivity contribution in [3.63, 3.8) is 0 Å². The Balaban J connectivity index is 1.05. The Hall–Kier alpha value is -3.88. The quantitative estimate of drug-likeness (QED) is 0.220. The minimum atomic E-state index is -1.16. The number of morpholine rings is 1. The minimum absolute atomic E-state index is 0.00112. The molecule has 0 spiro atoms. The van der Waals surface area contributed by atoms with Crippen LogP contribution >= 0.6 is 11.3 Å². The van der Waals surface area contributed by atoms with E-state index >= 15 is 0 Å². The van der Waals surface area contributed by atoms with Gasteiger partial charge in [0.2, 0.25) is 5.91 Å². The van der Waals surface area contributed by atoms with Crippen molar-refractivity contribution in [3.8, 4) is 11.3 Å². The van der Waals surface area contributed by atoms with Gasteiger partial charge in [0.15, 0.2) is 5.13 Å². The van der Waals surface area contributed by atoms with E-state index in [2.05, 4.69) is 25.8 Å². The number of nitrogens with one attached hydrogen (secondary N) is 3. The maximum atomic E-state index is 13.7. The first-order valence-corrected chi connectivity index (χ1v) is 16.2. The van der Waals surface area contributed by atoms with Crippen LogP contribution in [0.3, 0.4) is 0 Å². The summed E-state index contributed by atoms with van der Waals surface area (Å²) in [6, 6.07) is 14.8. The SMILES string of the molecule is O=C(NCCN1CCOCC1)c1ccc(-c2csc(NC(O)[C@@H]3COCN3C(=O)[C@H](NC(=O)C3CC3)c3ccccc3)n2)cc1. The van der Waals surface area contributed by atoms with E-state index in [-0.39, 0.29) is 37.0 Å². The van der Waals surface area contributed by atoms with Gasteiger partial charge in [-0.1, -0.05) is 42.5 Å². The van der Waals surface area contributed by atoms with Crippen molar-refractivity contribution in [3.05, 3.63) is 71.1 Å². The van der Waals surface area contributed by atoms with Gasteiger partial charge < -0.3 is 35.4 Å². The van der Waals surface area contributed by atoms with Gasteiger partial charge in [-0.05, 0) is 30.5 Å². The van der Waals surface area contributed by atoms with E-state index in [1.54, 1.807) is 24.3 Å². The van der Waals surface area contributed by atoms with Gasteiger partial charge in [-0.25, -0.2) is 4.98 Å². The van der Waals surface area contributed by atoms with Crippen LogP contribution in [0.4, 0.5) is 5.13 Å². The summed E-state index contributed by atoms with van der Waals surface area (Å²) in [7, 11) is 0. The average molecular weight is 635 g/mol. The Morgan fingerprint density at radius 2 is 1.78 bits per heavy atom. The van der Waals surface area contributed by atoms with Gasteiger partial charge in [0.25, 0.3) is 11.8 Å². The highest BCUT2D eigenvalue weighted by Crippen LogP contribution is 2.31. The molecule has 1 unspecified atom stereocenters. The molecule has 3 aromatic rings. The average Bonchev–Trinajstić information content (AvgIpc) is 3.63. The number of aromatic nitrogens is 1. The Morgan fingerprint density at radius 1 is 1.02 bits per heavy atom. The highest BCUT2D eigenvalue weighted by molar-refractivity contribution is 7.14. The van der Waals surface area contributed by atoms with Crippen molar-refractivity contribution in [2.45, 2.75) is 31.2 Å². The molecule has 1 aromatic heterocycles. The van der Waals surface area contributed by atoms with Gasteiger partial charge in [-0.2, -0.15) is 0 Å². The van der Waals surface area contributed by atoms with Crippen molar-refractivity contribution in [2.24, 2.45) is 5.92 Å². The molecular formula is C32H38N6O6S. The summed E-state index contributed by atoms with van der Waals surface area (Å²) in [5.74, 6) is -0.665. The number of carbonyl (C=O) groups is 3. The summed E-state index contributed by atoms with van der Waals surface area (Å²) in [6.45, 7) is 4.71. The molecule has 13 heteroatoms. The predicted octanol–water partition coefficient (Wildman–Crippen LogP) is 2.05. The Morgan fingerprint density at radius 3 is 2.51 bits per heavy atom. The number of nitrogens with zero attached hydrogens (tertiary/aromatic N) is 3. The van der Waals surface area contributed by atoms with Crippen molar-refractivity contribution in [1.29, 1.82) is 0 Å². The number of carbonyl (C=O) groups excluding carboxylic acids is 3. The number of rotatable bonds is 12. The Kier molecular flexibility index (Phi) is 10.0. The van der Waals surface area contributed by atoms with Crippen molar-refractivity contribution in [2.75, 3.05) is 58.0 Å². The molecule has 3 heterocycles. The molecule has 4 N–H and O–H groups in total. The van der Waals surface area contributed by atoms with Crippen LogP contribution in [0.15, 0.2) is 60.0 Å². The zero-order chi connectivity index (χ0) is 31.2. The number of hydrogen-bond acceptors (Lipinski definition) is 10. The van der Waals surface area contributed by atoms with Crippen LogP contribution in [0.2, 0.25) is 0 Å². The first-order valence-electron chi connectivity index (χ1n) is 15.3. The third-order valence-corrected chi connectivity index (χ3v) is 8.99.